The summed E-state index contributed by atoms with van der Waals surface area (Å²) >= 11 is 0. The van der Waals surface area contributed by atoms with E-state index in [-0.39, 0.29) is 5.82 Å². The molecule has 0 saturated carbocycles. The minimum atomic E-state index is -0.239. The van der Waals surface area contributed by atoms with Gasteiger partial charge < -0.3 is 14.7 Å². The van der Waals surface area contributed by atoms with Crippen LogP contribution in [0.4, 0.5) is 4.39 Å². The maximum absolute atomic E-state index is 14.1. The maximum Gasteiger partial charge on any atom is 0.131 e. The van der Waals surface area contributed by atoms with Crippen molar-refractivity contribution in [2.24, 2.45) is 5.92 Å². The third kappa shape index (κ3) is 6.13. The first-order valence-corrected chi connectivity index (χ1v) is 13.5. The predicted octanol–water partition coefficient (Wildman–Crippen LogP) is 6.37. The van der Waals surface area contributed by atoms with Gasteiger partial charge in [-0.25, -0.2) is 4.39 Å². The fourth-order valence-corrected chi connectivity index (χ4v) is 5.85. The summed E-state index contributed by atoms with van der Waals surface area (Å²) in [4.78, 5) is 7.04. The molecule has 4 nitrogen and oxygen atoms in total. The molecule has 1 aliphatic carbocycles. The normalized spacial score (nSPS) is 20.2. The number of aliphatic hydroxyl groups excluding tert-OH is 1. The molecule has 2 atom stereocenters. The first kappa shape index (κ1) is 24.9. The van der Waals surface area contributed by atoms with E-state index in [1.807, 2.05) is 18.2 Å². The number of ether oxygens (including phenoxy) is 1. The number of nitrogens with zero attached hydrogens (tertiary/aromatic N) is 2. The zero-order valence-electron chi connectivity index (χ0n) is 21.0. The van der Waals surface area contributed by atoms with Crippen LogP contribution in [0.15, 0.2) is 60.8 Å². The SMILES string of the molecule is OCC1CCCN(CCCC2CCCc3ccc(OCc4ccc(-c5ccccc5F)cn4)cc32)C1. The van der Waals surface area contributed by atoms with Crippen LogP contribution in [0.5, 0.6) is 5.75 Å². The van der Waals surface area contributed by atoms with Gasteiger partial charge in [0.2, 0.25) is 0 Å². The van der Waals surface area contributed by atoms with E-state index in [1.165, 1.54) is 55.8 Å². The summed E-state index contributed by atoms with van der Waals surface area (Å²) < 4.78 is 20.2. The van der Waals surface area contributed by atoms with E-state index in [9.17, 15) is 9.50 Å². The molecule has 5 rings (SSSR count). The van der Waals surface area contributed by atoms with E-state index in [4.69, 9.17) is 4.74 Å². The van der Waals surface area contributed by atoms with Gasteiger partial charge in [0.1, 0.15) is 18.2 Å². The molecule has 2 heterocycles. The molecular weight excluding hydrogens is 451 g/mol. The van der Waals surface area contributed by atoms with Crippen molar-refractivity contribution in [3.8, 4) is 16.9 Å². The Hall–Kier alpha value is -2.76. The van der Waals surface area contributed by atoms with Gasteiger partial charge in [0, 0.05) is 30.5 Å². The molecule has 1 saturated heterocycles. The first-order valence-electron chi connectivity index (χ1n) is 13.5. The number of rotatable bonds is 9. The van der Waals surface area contributed by atoms with Gasteiger partial charge in [0.15, 0.2) is 0 Å². The second kappa shape index (κ2) is 12.0. The van der Waals surface area contributed by atoms with Gasteiger partial charge in [0.05, 0.1) is 5.69 Å². The zero-order chi connectivity index (χ0) is 24.7. The number of fused-ring (bicyclic) bond motifs is 1. The van der Waals surface area contributed by atoms with Crippen molar-refractivity contribution >= 4 is 0 Å². The Morgan fingerprint density at radius 3 is 2.81 bits per heavy atom. The standard InChI is InChI=1S/C31H37FN2O2/c32-31-11-2-1-10-29(31)26-12-14-27(33-19-26)22-36-28-15-13-25-8-3-7-24(30(25)18-28)9-5-17-34-16-4-6-23(20-34)21-35/h1-2,10-15,18-19,23-24,35H,3-9,16-17,20-22H2. The van der Waals surface area contributed by atoms with Gasteiger partial charge >= 0.3 is 0 Å². The largest absolute Gasteiger partial charge is 0.487 e. The van der Waals surface area contributed by atoms with Crippen molar-refractivity contribution < 1.29 is 14.2 Å². The van der Waals surface area contributed by atoms with E-state index in [2.05, 4.69) is 28.1 Å². The molecule has 0 bridgehead atoms. The summed E-state index contributed by atoms with van der Waals surface area (Å²) in [5.41, 5.74) is 5.07. The Bertz CT molecular complexity index is 1130. The summed E-state index contributed by atoms with van der Waals surface area (Å²) in [5, 5.41) is 9.50. The van der Waals surface area contributed by atoms with Gasteiger partial charge in [-0.05, 0) is 105 Å². The van der Waals surface area contributed by atoms with E-state index in [1.54, 1.807) is 18.3 Å². The number of benzene rings is 2. The number of aliphatic hydroxyl groups is 1. The van der Waals surface area contributed by atoms with E-state index < -0.39 is 0 Å². The van der Waals surface area contributed by atoms with Crippen LogP contribution in [0.2, 0.25) is 0 Å². The molecule has 2 aliphatic rings. The monoisotopic (exact) mass is 488 g/mol. The smallest absolute Gasteiger partial charge is 0.131 e. The molecule has 0 radical (unpaired) electrons. The molecule has 190 valence electrons. The molecule has 2 unspecified atom stereocenters. The van der Waals surface area contributed by atoms with Gasteiger partial charge in [-0.1, -0.05) is 30.3 Å². The average molecular weight is 489 g/mol. The van der Waals surface area contributed by atoms with Crippen molar-refractivity contribution in [3.63, 3.8) is 0 Å². The van der Waals surface area contributed by atoms with Crippen LogP contribution in [0.3, 0.4) is 0 Å². The van der Waals surface area contributed by atoms with Crippen LogP contribution in [0, 0.1) is 11.7 Å². The molecule has 1 fully saturated rings. The van der Waals surface area contributed by atoms with Crippen LogP contribution in [-0.4, -0.2) is 41.2 Å². The lowest BCUT2D eigenvalue weighted by Gasteiger charge is -2.32. The fourth-order valence-electron chi connectivity index (χ4n) is 5.85. The minimum absolute atomic E-state index is 0.239. The van der Waals surface area contributed by atoms with Crippen LogP contribution in [0.1, 0.15) is 61.3 Å². The highest BCUT2D eigenvalue weighted by Gasteiger charge is 2.23. The van der Waals surface area contributed by atoms with Crippen molar-refractivity contribution in [3.05, 3.63) is 83.4 Å². The van der Waals surface area contributed by atoms with Crippen LogP contribution >= 0.6 is 0 Å². The number of pyridine rings is 1. The molecule has 1 aliphatic heterocycles. The zero-order valence-corrected chi connectivity index (χ0v) is 21.0. The Balaban J connectivity index is 1.17. The van der Waals surface area contributed by atoms with E-state index >= 15 is 0 Å². The molecular formula is C31H37FN2O2. The van der Waals surface area contributed by atoms with Gasteiger partial charge in [-0.15, -0.1) is 0 Å². The highest BCUT2D eigenvalue weighted by Crippen LogP contribution is 2.37. The second-order valence-electron chi connectivity index (χ2n) is 10.4. The van der Waals surface area contributed by atoms with Gasteiger partial charge in [0.25, 0.3) is 0 Å². The van der Waals surface area contributed by atoms with E-state index in [0.29, 0.717) is 30.6 Å². The highest BCUT2D eigenvalue weighted by molar-refractivity contribution is 5.63. The third-order valence-corrected chi connectivity index (χ3v) is 7.84. The molecule has 0 spiro atoms. The Morgan fingerprint density at radius 1 is 1.06 bits per heavy atom. The Labute approximate surface area is 214 Å². The summed E-state index contributed by atoms with van der Waals surface area (Å²) in [6, 6.07) is 17.1. The van der Waals surface area contributed by atoms with Crippen LogP contribution in [0.25, 0.3) is 11.1 Å². The van der Waals surface area contributed by atoms with Crippen molar-refractivity contribution in [1.82, 2.24) is 9.88 Å². The number of hydrogen-bond acceptors (Lipinski definition) is 4. The lowest BCUT2D eigenvalue weighted by Crippen LogP contribution is -2.37. The lowest BCUT2D eigenvalue weighted by atomic mass is 9.80. The summed E-state index contributed by atoms with van der Waals surface area (Å²) in [6.07, 6.45) is 10.1. The van der Waals surface area contributed by atoms with Crippen LogP contribution < -0.4 is 4.74 Å². The number of piperidine rings is 1. The number of likely N-dealkylation sites (tertiary alicyclic amines) is 1. The number of aromatic nitrogens is 1. The van der Waals surface area contributed by atoms with Gasteiger partial charge in [-0.2, -0.15) is 0 Å². The molecule has 5 heteroatoms. The fraction of sp³-hybridized carbons (Fsp3) is 0.452. The molecule has 36 heavy (non-hydrogen) atoms. The maximum atomic E-state index is 14.1. The average Bonchev–Trinajstić information content (AvgIpc) is 2.93. The molecule has 2 aromatic carbocycles. The minimum Gasteiger partial charge on any atom is -0.487 e. The molecule has 1 N–H and O–H groups in total. The Morgan fingerprint density at radius 2 is 1.97 bits per heavy atom. The molecule has 0 amide bonds. The summed E-state index contributed by atoms with van der Waals surface area (Å²) in [5.74, 6) is 1.70. The quantitative estimate of drug-likeness (QED) is 0.380. The summed E-state index contributed by atoms with van der Waals surface area (Å²) in [7, 11) is 0. The lowest BCUT2D eigenvalue weighted by molar-refractivity contribution is 0.118. The molecule has 1 aromatic heterocycles. The number of halogens is 1. The second-order valence-corrected chi connectivity index (χ2v) is 10.4. The van der Waals surface area contributed by atoms with Gasteiger partial charge in [-0.3, -0.25) is 4.98 Å². The van der Waals surface area contributed by atoms with E-state index in [0.717, 1.165) is 42.9 Å². The highest BCUT2D eigenvalue weighted by atomic mass is 19.1. The molecule has 3 aromatic rings. The number of hydrogen-bond donors (Lipinski definition) is 1. The van der Waals surface area contributed by atoms with Crippen LogP contribution in [-0.2, 0) is 13.0 Å². The first-order chi connectivity index (χ1) is 17.7. The number of aryl methyl sites for hydroxylation is 1. The van der Waals surface area contributed by atoms with Crippen molar-refractivity contribution in [2.45, 2.75) is 57.5 Å². The Kier molecular flexibility index (Phi) is 8.29. The van der Waals surface area contributed by atoms with Crippen molar-refractivity contribution in [1.29, 1.82) is 0 Å². The summed E-state index contributed by atoms with van der Waals surface area (Å²) in [6.45, 7) is 4.06. The topological polar surface area (TPSA) is 45.6 Å². The predicted molar refractivity (Wildman–Crippen MR) is 142 cm³/mol. The van der Waals surface area contributed by atoms with Crippen molar-refractivity contribution in [2.75, 3.05) is 26.2 Å². The third-order valence-electron chi connectivity index (χ3n) is 7.84.